The highest BCUT2D eigenvalue weighted by Crippen LogP contribution is 2.24. The van der Waals surface area contributed by atoms with Crippen molar-refractivity contribution in [2.45, 2.75) is 44.9 Å². The van der Waals surface area contributed by atoms with E-state index < -0.39 is 0 Å². The third-order valence-electron chi connectivity index (χ3n) is 3.56. The van der Waals surface area contributed by atoms with Crippen molar-refractivity contribution in [3.05, 3.63) is 35.9 Å². The lowest BCUT2D eigenvalue weighted by Gasteiger charge is -2.31. The number of aliphatic hydroxyl groups is 1. The Balaban J connectivity index is 1.79. The summed E-state index contributed by atoms with van der Waals surface area (Å²) in [5.74, 6) is 0.432. The summed E-state index contributed by atoms with van der Waals surface area (Å²) >= 11 is 0. The topological polar surface area (TPSA) is 32.3 Å². The number of rotatable bonds is 3. The number of nitrogens with one attached hydrogen (secondary N) is 1. The summed E-state index contributed by atoms with van der Waals surface area (Å²) < 4.78 is 0. The Morgan fingerprint density at radius 3 is 2.69 bits per heavy atom. The third-order valence-corrected chi connectivity index (χ3v) is 3.56. The second-order valence-corrected chi connectivity index (χ2v) is 4.92. The molecule has 2 heteroatoms. The molecule has 1 saturated carbocycles. The molecule has 0 aromatic heterocycles. The van der Waals surface area contributed by atoms with Crippen LogP contribution in [-0.4, -0.2) is 17.3 Å². The molecule has 2 nitrogen and oxygen atoms in total. The molecule has 0 saturated heterocycles. The Morgan fingerprint density at radius 2 is 2.00 bits per heavy atom. The van der Waals surface area contributed by atoms with E-state index in [1.165, 1.54) is 5.56 Å². The second-order valence-electron chi connectivity index (χ2n) is 4.92. The van der Waals surface area contributed by atoms with E-state index in [1.54, 1.807) is 0 Å². The fraction of sp³-hybridized carbons (Fsp3) is 0.571. The smallest absolute Gasteiger partial charge is 0.0566 e. The summed E-state index contributed by atoms with van der Waals surface area (Å²) in [6.07, 6.45) is 3.04. The van der Waals surface area contributed by atoms with Gasteiger partial charge < -0.3 is 10.4 Å². The lowest BCUT2D eigenvalue weighted by atomic mass is 9.84. The number of hydrogen-bond donors (Lipinski definition) is 2. The number of hydrogen-bond acceptors (Lipinski definition) is 2. The zero-order chi connectivity index (χ0) is 11.4. The van der Waals surface area contributed by atoms with Crippen LogP contribution in [0, 0.1) is 5.92 Å². The molecule has 0 aliphatic heterocycles. The largest absolute Gasteiger partial charge is 0.393 e. The van der Waals surface area contributed by atoms with E-state index in [-0.39, 0.29) is 6.10 Å². The van der Waals surface area contributed by atoms with Gasteiger partial charge in [-0.3, -0.25) is 0 Å². The van der Waals surface area contributed by atoms with Crippen molar-refractivity contribution in [1.29, 1.82) is 0 Å². The molecule has 1 aliphatic rings. The van der Waals surface area contributed by atoms with Crippen molar-refractivity contribution in [3.8, 4) is 0 Å². The first kappa shape index (κ1) is 11.6. The highest BCUT2D eigenvalue weighted by Gasteiger charge is 2.25. The van der Waals surface area contributed by atoms with E-state index in [0.717, 1.165) is 25.8 Å². The summed E-state index contributed by atoms with van der Waals surface area (Å²) in [7, 11) is 0. The van der Waals surface area contributed by atoms with Crippen LogP contribution in [0.2, 0.25) is 0 Å². The normalized spacial score (nSPS) is 30.2. The van der Waals surface area contributed by atoms with Gasteiger partial charge in [-0.15, -0.1) is 0 Å². The average Bonchev–Trinajstić information content (AvgIpc) is 2.32. The number of benzene rings is 1. The van der Waals surface area contributed by atoms with E-state index in [0.29, 0.717) is 12.0 Å². The lowest BCUT2D eigenvalue weighted by Crippen LogP contribution is -2.38. The molecule has 3 atom stereocenters. The monoisotopic (exact) mass is 219 g/mol. The van der Waals surface area contributed by atoms with Crippen molar-refractivity contribution in [1.82, 2.24) is 5.32 Å². The van der Waals surface area contributed by atoms with Gasteiger partial charge in [0.25, 0.3) is 0 Å². The van der Waals surface area contributed by atoms with Crippen LogP contribution >= 0.6 is 0 Å². The van der Waals surface area contributed by atoms with Crippen LogP contribution in [0.1, 0.15) is 31.7 Å². The molecule has 0 bridgehead atoms. The van der Waals surface area contributed by atoms with Gasteiger partial charge in [0.05, 0.1) is 6.10 Å². The van der Waals surface area contributed by atoms with E-state index in [4.69, 9.17) is 0 Å². The maximum Gasteiger partial charge on any atom is 0.0566 e. The standard InChI is InChI=1S/C14H21NO/c1-11-9-13(7-8-14(11)16)15-10-12-5-3-2-4-6-12/h2-6,11,13-16H,7-10H2,1H3. The second kappa shape index (κ2) is 5.46. The van der Waals surface area contributed by atoms with Crippen LogP contribution in [0.5, 0.6) is 0 Å². The number of aliphatic hydroxyl groups excluding tert-OH is 1. The molecule has 1 aromatic rings. The molecule has 2 N–H and O–H groups in total. The molecule has 1 aromatic carbocycles. The first-order chi connectivity index (χ1) is 7.75. The summed E-state index contributed by atoms with van der Waals surface area (Å²) in [6, 6.07) is 11.1. The molecule has 2 rings (SSSR count). The van der Waals surface area contributed by atoms with Gasteiger partial charge in [-0.25, -0.2) is 0 Å². The van der Waals surface area contributed by atoms with Gasteiger partial charge in [-0.1, -0.05) is 37.3 Å². The zero-order valence-corrected chi connectivity index (χ0v) is 9.89. The molecule has 0 spiro atoms. The maximum absolute atomic E-state index is 9.65. The first-order valence-electron chi connectivity index (χ1n) is 6.21. The molecule has 0 radical (unpaired) electrons. The van der Waals surface area contributed by atoms with Gasteiger partial charge in [0.15, 0.2) is 0 Å². The van der Waals surface area contributed by atoms with Gasteiger partial charge in [-0.05, 0) is 30.7 Å². The summed E-state index contributed by atoms with van der Waals surface area (Å²) in [5, 5.41) is 13.2. The molecule has 1 aliphatic carbocycles. The Labute approximate surface area is 97.7 Å². The molecule has 0 amide bonds. The van der Waals surface area contributed by atoms with E-state index in [9.17, 15) is 5.11 Å². The van der Waals surface area contributed by atoms with E-state index >= 15 is 0 Å². The van der Waals surface area contributed by atoms with Gasteiger partial charge in [0.1, 0.15) is 0 Å². The minimum Gasteiger partial charge on any atom is -0.393 e. The molecule has 3 unspecified atom stereocenters. The van der Waals surface area contributed by atoms with Crippen molar-refractivity contribution < 1.29 is 5.11 Å². The molecule has 16 heavy (non-hydrogen) atoms. The summed E-state index contributed by atoms with van der Waals surface area (Å²) in [5.41, 5.74) is 1.33. The summed E-state index contributed by atoms with van der Waals surface area (Å²) in [6.45, 7) is 3.08. The van der Waals surface area contributed by atoms with Crippen LogP contribution in [0.15, 0.2) is 30.3 Å². The lowest BCUT2D eigenvalue weighted by molar-refractivity contribution is 0.0657. The SMILES string of the molecule is CC1CC(NCc2ccccc2)CCC1O. The highest BCUT2D eigenvalue weighted by molar-refractivity contribution is 5.14. The van der Waals surface area contributed by atoms with Crippen molar-refractivity contribution in [3.63, 3.8) is 0 Å². The van der Waals surface area contributed by atoms with E-state index in [1.807, 2.05) is 6.07 Å². The average molecular weight is 219 g/mol. The van der Waals surface area contributed by atoms with Gasteiger partial charge in [0.2, 0.25) is 0 Å². The van der Waals surface area contributed by atoms with Crippen molar-refractivity contribution in [2.24, 2.45) is 5.92 Å². The predicted octanol–water partition coefficient (Wildman–Crippen LogP) is 2.33. The molecule has 88 valence electrons. The zero-order valence-electron chi connectivity index (χ0n) is 9.89. The Kier molecular flexibility index (Phi) is 3.97. The Morgan fingerprint density at radius 1 is 1.25 bits per heavy atom. The predicted molar refractivity (Wildman–Crippen MR) is 66.1 cm³/mol. The maximum atomic E-state index is 9.65. The highest BCUT2D eigenvalue weighted by atomic mass is 16.3. The fourth-order valence-electron chi connectivity index (χ4n) is 2.42. The Hall–Kier alpha value is -0.860. The Bertz CT molecular complexity index is 312. The summed E-state index contributed by atoms with van der Waals surface area (Å²) in [4.78, 5) is 0. The van der Waals surface area contributed by atoms with Crippen LogP contribution in [0.4, 0.5) is 0 Å². The van der Waals surface area contributed by atoms with Gasteiger partial charge in [-0.2, -0.15) is 0 Å². The van der Waals surface area contributed by atoms with Crippen molar-refractivity contribution in [2.75, 3.05) is 0 Å². The minimum atomic E-state index is -0.0882. The van der Waals surface area contributed by atoms with Crippen LogP contribution in [0.3, 0.4) is 0 Å². The fourth-order valence-corrected chi connectivity index (χ4v) is 2.42. The van der Waals surface area contributed by atoms with Crippen molar-refractivity contribution >= 4 is 0 Å². The minimum absolute atomic E-state index is 0.0882. The first-order valence-corrected chi connectivity index (χ1v) is 6.21. The molecular formula is C14H21NO. The van der Waals surface area contributed by atoms with Crippen LogP contribution in [-0.2, 0) is 6.54 Å². The van der Waals surface area contributed by atoms with Gasteiger partial charge >= 0.3 is 0 Å². The van der Waals surface area contributed by atoms with E-state index in [2.05, 4.69) is 36.5 Å². The molecule has 0 heterocycles. The third kappa shape index (κ3) is 3.06. The van der Waals surface area contributed by atoms with Crippen LogP contribution < -0.4 is 5.32 Å². The molecular weight excluding hydrogens is 198 g/mol. The molecule has 1 fully saturated rings. The van der Waals surface area contributed by atoms with Gasteiger partial charge in [0, 0.05) is 12.6 Å². The quantitative estimate of drug-likeness (QED) is 0.817. The van der Waals surface area contributed by atoms with Crippen LogP contribution in [0.25, 0.3) is 0 Å².